The molecule has 132 valence electrons. The van der Waals surface area contributed by atoms with Gasteiger partial charge >= 0.3 is 0 Å². The summed E-state index contributed by atoms with van der Waals surface area (Å²) in [4.78, 5) is 27.7. The van der Waals surface area contributed by atoms with Crippen molar-refractivity contribution in [2.45, 2.75) is 18.7 Å². The van der Waals surface area contributed by atoms with Gasteiger partial charge in [-0.05, 0) is 18.2 Å². The molecule has 0 saturated carbocycles. The number of halogens is 1. The van der Waals surface area contributed by atoms with Crippen molar-refractivity contribution in [1.29, 1.82) is 0 Å². The lowest BCUT2D eigenvalue weighted by atomic mass is 9.96. The number of morpholine rings is 1. The van der Waals surface area contributed by atoms with E-state index in [-0.39, 0.29) is 30.5 Å². The maximum absolute atomic E-state index is 14.3. The average Bonchev–Trinajstić information content (AvgIpc) is 3.10. The van der Waals surface area contributed by atoms with Gasteiger partial charge in [-0.2, -0.15) is 0 Å². The van der Waals surface area contributed by atoms with Crippen molar-refractivity contribution in [3.8, 4) is 0 Å². The van der Waals surface area contributed by atoms with Crippen LogP contribution in [0, 0.1) is 5.82 Å². The first-order valence-electron chi connectivity index (χ1n) is 7.88. The maximum atomic E-state index is 14.3. The van der Waals surface area contributed by atoms with Gasteiger partial charge < -0.3 is 19.0 Å². The Morgan fingerprint density at radius 1 is 1.32 bits per heavy atom. The summed E-state index contributed by atoms with van der Waals surface area (Å²) < 4.78 is 25.0. The fraction of sp³-hybridized carbons (Fsp3) is 0.333. The van der Waals surface area contributed by atoms with E-state index < -0.39 is 18.0 Å². The predicted molar refractivity (Wildman–Crippen MR) is 86.8 cm³/mol. The Morgan fingerprint density at radius 2 is 2.08 bits per heavy atom. The summed E-state index contributed by atoms with van der Waals surface area (Å²) in [6.45, 7) is 0.0415. The van der Waals surface area contributed by atoms with Gasteiger partial charge in [0.15, 0.2) is 6.10 Å². The number of amides is 2. The lowest BCUT2D eigenvalue weighted by Gasteiger charge is -2.39. The highest BCUT2D eigenvalue weighted by Crippen LogP contribution is 2.31. The number of hydrogen-bond acceptors (Lipinski definition) is 4. The molecule has 2 amide bonds. The molecule has 0 bridgehead atoms. The van der Waals surface area contributed by atoms with Crippen LogP contribution in [0.3, 0.4) is 0 Å². The third-order valence-corrected chi connectivity index (χ3v) is 4.30. The highest BCUT2D eigenvalue weighted by atomic mass is 19.1. The minimum Gasteiger partial charge on any atom is -0.467 e. The molecule has 0 radical (unpaired) electrons. The van der Waals surface area contributed by atoms with Gasteiger partial charge in [-0.25, -0.2) is 4.39 Å². The van der Waals surface area contributed by atoms with Gasteiger partial charge in [0.25, 0.3) is 5.91 Å². The molecule has 3 rings (SSSR count). The maximum Gasteiger partial charge on any atom is 0.254 e. The highest BCUT2D eigenvalue weighted by Gasteiger charge is 2.42. The zero-order valence-electron chi connectivity index (χ0n) is 14.0. The number of likely N-dealkylation sites (N-methyl/N-ethyl adjacent to an activating group) is 2. The number of rotatable bonds is 4. The molecule has 1 aromatic carbocycles. The summed E-state index contributed by atoms with van der Waals surface area (Å²) in [7, 11) is 3.16. The van der Waals surface area contributed by atoms with E-state index in [0.29, 0.717) is 5.76 Å². The molecule has 0 spiro atoms. The molecule has 2 atom stereocenters. The molecule has 1 fully saturated rings. The van der Waals surface area contributed by atoms with Crippen molar-refractivity contribution in [3.05, 3.63) is 59.8 Å². The number of benzene rings is 1. The van der Waals surface area contributed by atoms with Crippen LogP contribution in [0.5, 0.6) is 0 Å². The van der Waals surface area contributed by atoms with E-state index in [1.165, 1.54) is 22.1 Å². The Kier molecular flexibility index (Phi) is 4.85. The first kappa shape index (κ1) is 17.2. The Labute approximate surface area is 144 Å². The molecule has 7 heteroatoms. The second kappa shape index (κ2) is 7.06. The first-order chi connectivity index (χ1) is 12.0. The van der Waals surface area contributed by atoms with E-state index in [4.69, 9.17) is 9.15 Å². The van der Waals surface area contributed by atoms with Crippen molar-refractivity contribution in [2.24, 2.45) is 0 Å². The Hall–Kier alpha value is -2.67. The summed E-state index contributed by atoms with van der Waals surface area (Å²) in [6, 6.07) is 8.76. The lowest BCUT2D eigenvalue weighted by molar-refractivity contribution is -0.167. The first-order valence-corrected chi connectivity index (χ1v) is 7.88. The van der Waals surface area contributed by atoms with Crippen LogP contribution >= 0.6 is 0 Å². The van der Waals surface area contributed by atoms with Crippen LogP contribution in [0.1, 0.15) is 17.4 Å². The summed E-state index contributed by atoms with van der Waals surface area (Å²) >= 11 is 0. The minimum absolute atomic E-state index is 0.216. The molecule has 1 saturated heterocycles. The molecular weight excluding hydrogens is 327 g/mol. The van der Waals surface area contributed by atoms with Crippen molar-refractivity contribution in [3.63, 3.8) is 0 Å². The van der Waals surface area contributed by atoms with E-state index in [2.05, 4.69) is 0 Å². The number of carbonyl (C=O) groups excluding carboxylic acids is 2. The predicted octanol–water partition coefficient (Wildman–Crippen LogP) is 1.98. The number of hydrogen-bond donors (Lipinski definition) is 0. The third-order valence-electron chi connectivity index (χ3n) is 4.30. The molecule has 1 aliphatic rings. The van der Waals surface area contributed by atoms with Crippen molar-refractivity contribution < 1.29 is 23.1 Å². The monoisotopic (exact) mass is 346 g/mol. The molecule has 25 heavy (non-hydrogen) atoms. The fourth-order valence-electron chi connectivity index (χ4n) is 2.94. The van der Waals surface area contributed by atoms with E-state index in [1.54, 1.807) is 44.4 Å². The normalized spacial score (nSPS) is 20.6. The second-order valence-corrected chi connectivity index (χ2v) is 5.98. The van der Waals surface area contributed by atoms with E-state index in [9.17, 15) is 14.0 Å². The standard InChI is InChI=1S/C18H19FN2O4/c1-20(10-12-6-5-9-24-12)18(23)17-16(21(2)15(22)11-25-17)13-7-3-4-8-14(13)19/h3-9,16-17H,10-11H2,1-2H3/t16-,17+/m0/s1. The van der Waals surface area contributed by atoms with E-state index >= 15 is 0 Å². The molecule has 1 aliphatic heterocycles. The van der Waals surface area contributed by atoms with Crippen molar-refractivity contribution >= 4 is 11.8 Å². The smallest absolute Gasteiger partial charge is 0.254 e. The third kappa shape index (κ3) is 3.41. The topological polar surface area (TPSA) is 63.0 Å². The number of carbonyl (C=O) groups is 2. The molecule has 1 aromatic heterocycles. The van der Waals surface area contributed by atoms with Gasteiger partial charge in [0, 0.05) is 19.7 Å². The minimum atomic E-state index is -0.987. The van der Waals surface area contributed by atoms with Crippen molar-refractivity contribution in [1.82, 2.24) is 9.80 Å². The fourth-order valence-corrected chi connectivity index (χ4v) is 2.94. The Morgan fingerprint density at radius 3 is 2.76 bits per heavy atom. The summed E-state index contributed by atoms with van der Waals surface area (Å²) in [6.07, 6.45) is 0.541. The summed E-state index contributed by atoms with van der Waals surface area (Å²) in [5, 5.41) is 0. The Bertz CT molecular complexity index is 762. The molecule has 6 nitrogen and oxygen atoms in total. The highest BCUT2D eigenvalue weighted by molar-refractivity contribution is 5.86. The molecular formula is C18H19FN2O4. The van der Waals surface area contributed by atoms with Crippen LogP contribution in [0.15, 0.2) is 47.1 Å². The van der Waals surface area contributed by atoms with Crippen molar-refractivity contribution in [2.75, 3.05) is 20.7 Å². The zero-order chi connectivity index (χ0) is 18.0. The molecule has 0 aliphatic carbocycles. The summed E-state index contributed by atoms with van der Waals surface area (Å²) in [5.41, 5.74) is 0.253. The van der Waals surface area contributed by atoms with E-state index in [0.717, 1.165) is 0 Å². The number of ether oxygens (including phenoxy) is 1. The Balaban J connectivity index is 1.88. The number of nitrogens with zero attached hydrogens (tertiary/aromatic N) is 2. The largest absolute Gasteiger partial charge is 0.467 e. The summed E-state index contributed by atoms with van der Waals surface area (Å²) in [5.74, 6) is -0.502. The van der Waals surface area contributed by atoms with Crippen LogP contribution in [-0.2, 0) is 20.9 Å². The van der Waals surface area contributed by atoms with Gasteiger partial charge in [0.2, 0.25) is 5.91 Å². The van der Waals surface area contributed by atoms with Gasteiger partial charge in [-0.3, -0.25) is 9.59 Å². The number of furan rings is 1. The van der Waals surface area contributed by atoms with Crippen LogP contribution in [0.4, 0.5) is 4.39 Å². The quantitative estimate of drug-likeness (QED) is 0.849. The molecule has 2 heterocycles. The van der Waals surface area contributed by atoms with Crippen LogP contribution < -0.4 is 0 Å². The van der Waals surface area contributed by atoms with Gasteiger partial charge in [-0.1, -0.05) is 18.2 Å². The van der Waals surface area contributed by atoms with Gasteiger partial charge in [-0.15, -0.1) is 0 Å². The second-order valence-electron chi connectivity index (χ2n) is 5.98. The van der Waals surface area contributed by atoms with Crippen LogP contribution in [0.2, 0.25) is 0 Å². The van der Waals surface area contributed by atoms with Gasteiger partial charge in [0.1, 0.15) is 18.2 Å². The average molecular weight is 346 g/mol. The molecule has 0 N–H and O–H groups in total. The van der Waals surface area contributed by atoms with E-state index in [1.807, 2.05) is 0 Å². The van der Waals surface area contributed by atoms with Gasteiger partial charge in [0.05, 0.1) is 18.8 Å². The van der Waals surface area contributed by atoms with Crippen LogP contribution in [0.25, 0.3) is 0 Å². The molecule has 2 aromatic rings. The SMILES string of the molecule is CN(Cc1ccco1)C(=O)[C@@H]1OCC(=O)N(C)[C@H]1c1ccccc1F. The molecule has 0 unspecified atom stereocenters. The van der Waals surface area contributed by atoms with Crippen LogP contribution in [-0.4, -0.2) is 48.4 Å². The zero-order valence-corrected chi connectivity index (χ0v) is 14.0. The lowest BCUT2D eigenvalue weighted by Crippen LogP contribution is -2.53.